The summed E-state index contributed by atoms with van der Waals surface area (Å²) in [6.45, 7) is 1.44. The van der Waals surface area contributed by atoms with Crippen LogP contribution in [-0.4, -0.2) is 22.7 Å². The molecule has 0 unspecified atom stereocenters. The fraction of sp³-hybridized carbons (Fsp3) is 0.571. The number of phenolic OH excluding ortho intramolecular Hbond substituents is 1. The van der Waals surface area contributed by atoms with Crippen LogP contribution in [0.15, 0.2) is 18.2 Å². The quantitative estimate of drug-likeness (QED) is 0.860. The Morgan fingerprint density at radius 2 is 2.11 bits per heavy atom. The number of halogens is 1. The number of rotatable bonds is 5. The number of benzene rings is 1. The zero-order valence-electron chi connectivity index (χ0n) is 10.7. The second kappa shape index (κ2) is 5.93. The van der Waals surface area contributed by atoms with E-state index in [1.807, 2.05) is 11.8 Å². The molecule has 1 aliphatic rings. The molecular weight excluding hydrogens is 249 g/mol. The van der Waals surface area contributed by atoms with Crippen molar-refractivity contribution in [3.05, 3.63) is 29.6 Å². The lowest BCUT2D eigenvalue weighted by atomic mass is 10.1. The number of hydrogen-bond donors (Lipinski definition) is 2. The van der Waals surface area contributed by atoms with E-state index in [4.69, 9.17) is 0 Å². The third-order valence-electron chi connectivity index (χ3n) is 3.75. The monoisotopic (exact) mass is 269 g/mol. The van der Waals surface area contributed by atoms with Crippen LogP contribution in [0.25, 0.3) is 0 Å². The maximum Gasteiger partial charge on any atom is 0.123 e. The molecule has 4 heteroatoms. The summed E-state index contributed by atoms with van der Waals surface area (Å²) in [7, 11) is 0. The minimum absolute atomic E-state index is 0.161. The molecule has 0 aromatic heterocycles. The molecule has 0 atom stereocenters. The molecule has 1 aliphatic carbocycles. The molecule has 0 spiro atoms. The van der Waals surface area contributed by atoms with Crippen LogP contribution in [-0.2, 0) is 6.54 Å². The maximum atomic E-state index is 13.1. The minimum Gasteiger partial charge on any atom is -0.508 e. The Hall–Kier alpha value is -0.740. The molecule has 1 fully saturated rings. The van der Waals surface area contributed by atoms with Crippen LogP contribution in [0.5, 0.6) is 5.75 Å². The Morgan fingerprint density at radius 1 is 1.39 bits per heavy atom. The molecule has 0 heterocycles. The summed E-state index contributed by atoms with van der Waals surface area (Å²) in [6.07, 6.45) is 7.25. The van der Waals surface area contributed by atoms with Crippen LogP contribution >= 0.6 is 11.8 Å². The highest BCUT2D eigenvalue weighted by atomic mass is 32.2. The molecule has 2 nitrogen and oxygen atoms in total. The summed E-state index contributed by atoms with van der Waals surface area (Å²) < 4.78 is 13.4. The van der Waals surface area contributed by atoms with Gasteiger partial charge in [-0.05, 0) is 37.3 Å². The van der Waals surface area contributed by atoms with Crippen LogP contribution in [0.1, 0.15) is 31.2 Å². The van der Waals surface area contributed by atoms with E-state index in [2.05, 4.69) is 11.6 Å². The van der Waals surface area contributed by atoms with Crippen molar-refractivity contribution in [2.75, 3.05) is 12.8 Å². The molecule has 1 aromatic rings. The largest absolute Gasteiger partial charge is 0.508 e. The topological polar surface area (TPSA) is 32.3 Å². The first-order chi connectivity index (χ1) is 8.65. The summed E-state index contributed by atoms with van der Waals surface area (Å²) in [5.41, 5.74) is 0.629. The summed E-state index contributed by atoms with van der Waals surface area (Å²) in [4.78, 5) is 0. The molecule has 0 saturated heterocycles. The Bertz CT molecular complexity index is 405. The van der Waals surface area contributed by atoms with Crippen molar-refractivity contribution in [1.29, 1.82) is 0 Å². The van der Waals surface area contributed by atoms with Crippen LogP contribution in [0.2, 0.25) is 0 Å². The van der Waals surface area contributed by atoms with E-state index in [0.717, 1.165) is 6.54 Å². The Morgan fingerprint density at radius 3 is 2.78 bits per heavy atom. The van der Waals surface area contributed by atoms with Gasteiger partial charge in [0, 0.05) is 23.4 Å². The highest BCUT2D eigenvalue weighted by molar-refractivity contribution is 8.00. The lowest BCUT2D eigenvalue weighted by molar-refractivity contribution is 0.457. The van der Waals surface area contributed by atoms with Gasteiger partial charge in [-0.15, -0.1) is 0 Å². The highest BCUT2D eigenvalue weighted by Crippen LogP contribution is 2.39. The van der Waals surface area contributed by atoms with Crippen molar-refractivity contribution in [3.8, 4) is 5.75 Å². The molecular formula is C14H20FNOS. The molecule has 100 valence electrons. The van der Waals surface area contributed by atoms with E-state index in [0.29, 0.717) is 16.9 Å². The van der Waals surface area contributed by atoms with Gasteiger partial charge in [0.1, 0.15) is 11.6 Å². The smallest absolute Gasteiger partial charge is 0.123 e. The second-order valence-electron chi connectivity index (χ2n) is 4.97. The van der Waals surface area contributed by atoms with Crippen LogP contribution in [0.4, 0.5) is 4.39 Å². The average Bonchev–Trinajstić information content (AvgIpc) is 2.83. The summed E-state index contributed by atoms with van der Waals surface area (Å²) >= 11 is 1.92. The molecule has 18 heavy (non-hydrogen) atoms. The number of hydrogen-bond acceptors (Lipinski definition) is 3. The Kier molecular flexibility index (Phi) is 4.51. The summed E-state index contributed by atoms with van der Waals surface area (Å²) in [6, 6.07) is 4.08. The normalized spacial score (nSPS) is 18.1. The third-order valence-corrected chi connectivity index (χ3v) is 5.17. The molecule has 2 N–H and O–H groups in total. The van der Waals surface area contributed by atoms with Crippen LogP contribution in [0.3, 0.4) is 0 Å². The van der Waals surface area contributed by atoms with E-state index in [1.54, 1.807) is 0 Å². The molecule has 1 aromatic carbocycles. The van der Waals surface area contributed by atoms with E-state index in [1.165, 1.54) is 43.9 Å². The molecule has 0 aliphatic heterocycles. The highest BCUT2D eigenvalue weighted by Gasteiger charge is 2.32. The van der Waals surface area contributed by atoms with Crippen molar-refractivity contribution in [2.24, 2.45) is 0 Å². The maximum absolute atomic E-state index is 13.1. The third kappa shape index (κ3) is 3.18. The average molecular weight is 269 g/mol. The molecule has 0 radical (unpaired) electrons. The zero-order chi connectivity index (χ0) is 13.0. The van der Waals surface area contributed by atoms with Crippen molar-refractivity contribution in [3.63, 3.8) is 0 Å². The fourth-order valence-corrected chi connectivity index (χ4v) is 3.54. The van der Waals surface area contributed by atoms with Gasteiger partial charge in [0.2, 0.25) is 0 Å². The van der Waals surface area contributed by atoms with Gasteiger partial charge in [-0.3, -0.25) is 0 Å². The van der Waals surface area contributed by atoms with Gasteiger partial charge in [0.05, 0.1) is 0 Å². The van der Waals surface area contributed by atoms with Gasteiger partial charge >= 0.3 is 0 Å². The molecule has 0 bridgehead atoms. The first-order valence-electron chi connectivity index (χ1n) is 6.38. The second-order valence-corrected chi connectivity index (χ2v) is 6.25. The predicted octanol–water partition coefficient (Wildman–Crippen LogP) is 3.30. The van der Waals surface area contributed by atoms with Crippen molar-refractivity contribution in [1.82, 2.24) is 5.32 Å². The summed E-state index contributed by atoms with van der Waals surface area (Å²) in [5.74, 6) is -0.140. The number of thioether (sulfide) groups is 1. The standard InChI is InChI=1S/C14H20FNOS/c1-18-14(6-2-3-7-14)10-16-9-11-8-12(15)4-5-13(11)17/h4-5,8,16-17H,2-3,6-7,9-10H2,1H3. The van der Waals surface area contributed by atoms with Crippen LogP contribution in [0, 0.1) is 5.82 Å². The lowest BCUT2D eigenvalue weighted by Crippen LogP contribution is -2.34. The molecule has 0 amide bonds. The predicted molar refractivity (Wildman–Crippen MR) is 74.5 cm³/mol. The molecule has 1 saturated carbocycles. The minimum atomic E-state index is -0.301. The van der Waals surface area contributed by atoms with E-state index in [-0.39, 0.29) is 11.6 Å². The van der Waals surface area contributed by atoms with Crippen molar-refractivity contribution >= 4 is 11.8 Å². The van der Waals surface area contributed by atoms with Crippen LogP contribution < -0.4 is 5.32 Å². The zero-order valence-corrected chi connectivity index (χ0v) is 11.5. The van der Waals surface area contributed by atoms with Crippen molar-refractivity contribution in [2.45, 2.75) is 37.0 Å². The van der Waals surface area contributed by atoms with Gasteiger partial charge in [0.15, 0.2) is 0 Å². The van der Waals surface area contributed by atoms with Gasteiger partial charge in [0.25, 0.3) is 0 Å². The SMILES string of the molecule is CSC1(CNCc2cc(F)ccc2O)CCCC1. The lowest BCUT2D eigenvalue weighted by Gasteiger charge is -2.27. The number of aromatic hydroxyl groups is 1. The van der Waals surface area contributed by atoms with Gasteiger partial charge in [-0.2, -0.15) is 11.8 Å². The Balaban J connectivity index is 1.89. The first-order valence-corrected chi connectivity index (χ1v) is 7.61. The van der Waals surface area contributed by atoms with E-state index in [9.17, 15) is 9.50 Å². The Labute approximate surface area is 112 Å². The van der Waals surface area contributed by atoms with E-state index < -0.39 is 0 Å². The number of phenols is 1. The van der Waals surface area contributed by atoms with Crippen molar-refractivity contribution < 1.29 is 9.50 Å². The van der Waals surface area contributed by atoms with Gasteiger partial charge < -0.3 is 10.4 Å². The first kappa shape index (κ1) is 13.7. The molecule has 2 rings (SSSR count). The van der Waals surface area contributed by atoms with Gasteiger partial charge in [-0.25, -0.2) is 4.39 Å². The summed E-state index contributed by atoms with van der Waals surface area (Å²) in [5, 5.41) is 13.0. The fourth-order valence-electron chi connectivity index (χ4n) is 2.59. The number of nitrogens with one attached hydrogen (secondary N) is 1. The van der Waals surface area contributed by atoms with E-state index >= 15 is 0 Å². The van der Waals surface area contributed by atoms with Gasteiger partial charge in [-0.1, -0.05) is 12.8 Å².